The van der Waals surface area contributed by atoms with Crippen LogP contribution in [-0.2, 0) is 9.36 Å². The molecule has 140 valence electrons. The van der Waals surface area contributed by atoms with Gasteiger partial charge in [0.2, 0.25) is 0 Å². The number of thiophene rings is 1. The lowest BCUT2D eigenvalue weighted by Crippen LogP contribution is -2.30. The molecule has 0 fully saturated rings. The molecule has 1 atom stereocenters. The molecule has 0 spiro atoms. The van der Waals surface area contributed by atoms with Crippen molar-refractivity contribution in [2.45, 2.75) is 12.6 Å². The average molecular weight is 422 g/mol. The lowest BCUT2D eigenvalue weighted by molar-refractivity contribution is -0.118. The Labute approximate surface area is 165 Å². The van der Waals surface area contributed by atoms with Gasteiger partial charge < -0.3 is 9.79 Å². The second-order valence-electron chi connectivity index (χ2n) is 6.05. The molecule has 0 saturated heterocycles. The zero-order chi connectivity index (χ0) is 19.8. The summed E-state index contributed by atoms with van der Waals surface area (Å²) in [5.74, 6) is -0.748. The van der Waals surface area contributed by atoms with E-state index in [2.05, 4.69) is 6.58 Å². The third kappa shape index (κ3) is 4.00. The summed E-state index contributed by atoms with van der Waals surface area (Å²) < 4.78 is 13.1. The smallest absolute Gasteiger partial charge is 0.324 e. The molecule has 2 N–H and O–H groups in total. The highest BCUT2D eigenvalue weighted by molar-refractivity contribution is 7.53. The number of carbonyl (C=O) groups excluding carboxylic acids is 1. The lowest BCUT2D eigenvalue weighted by atomic mass is 10.1. The molecular weight excluding hydrogens is 405 g/mol. The Balaban J connectivity index is 2.13. The minimum atomic E-state index is -4.81. The van der Waals surface area contributed by atoms with Gasteiger partial charge in [0, 0.05) is 21.6 Å². The summed E-state index contributed by atoms with van der Waals surface area (Å²) in [6.45, 7) is 5.54. The van der Waals surface area contributed by atoms with Gasteiger partial charge in [0.05, 0.1) is 0 Å². The van der Waals surface area contributed by atoms with Crippen LogP contribution in [0.3, 0.4) is 0 Å². The van der Waals surface area contributed by atoms with E-state index < -0.39 is 19.2 Å². The molecule has 5 nitrogen and oxygen atoms in total. The molecule has 1 heterocycles. The molecule has 0 aliphatic carbocycles. The fourth-order valence-corrected chi connectivity index (χ4v) is 5.08. The van der Waals surface area contributed by atoms with E-state index in [9.17, 15) is 19.1 Å². The molecule has 3 rings (SSSR count). The van der Waals surface area contributed by atoms with E-state index in [-0.39, 0.29) is 5.56 Å². The topological polar surface area (TPSA) is 77.8 Å². The highest BCUT2D eigenvalue weighted by Crippen LogP contribution is 2.55. The summed E-state index contributed by atoms with van der Waals surface area (Å²) in [7, 11) is -4.81. The van der Waals surface area contributed by atoms with Crippen LogP contribution in [0.1, 0.15) is 16.8 Å². The molecule has 0 aliphatic rings. The Morgan fingerprint density at radius 1 is 1.26 bits per heavy atom. The van der Waals surface area contributed by atoms with Crippen LogP contribution < -0.4 is 4.90 Å². The van der Waals surface area contributed by atoms with Gasteiger partial charge in [-0.1, -0.05) is 35.9 Å². The van der Waals surface area contributed by atoms with Gasteiger partial charge in [-0.3, -0.25) is 14.3 Å². The Morgan fingerprint density at radius 2 is 1.93 bits per heavy atom. The van der Waals surface area contributed by atoms with Crippen molar-refractivity contribution >= 4 is 52.2 Å². The number of fused-ring (bicyclic) bond motifs is 1. The maximum absolute atomic E-state index is 13.2. The SMILES string of the molecule is C=CN(C(=O)C(c1csc2ccc(Cl)cc12)P(=O)(O)O)c1ccc(C)cc1. The van der Waals surface area contributed by atoms with Gasteiger partial charge in [-0.25, -0.2) is 0 Å². The van der Waals surface area contributed by atoms with Crippen molar-refractivity contribution in [3.63, 3.8) is 0 Å². The highest BCUT2D eigenvalue weighted by atomic mass is 35.5. The van der Waals surface area contributed by atoms with Gasteiger partial charge in [0.1, 0.15) is 0 Å². The average Bonchev–Trinajstić information content (AvgIpc) is 2.99. The number of hydrogen-bond acceptors (Lipinski definition) is 3. The molecule has 1 unspecified atom stereocenters. The molecule has 0 bridgehead atoms. The van der Waals surface area contributed by atoms with Gasteiger partial charge in [-0.2, -0.15) is 0 Å². The Kier molecular flexibility index (Phi) is 5.56. The molecule has 8 heteroatoms. The van der Waals surface area contributed by atoms with Crippen molar-refractivity contribution in [2.75, 3.05) is 4.90 Å². The van der Waals surface area contributed by atoms with E-state index in [1.165, 1.54) is 17.5 Å². The summed E-state index contributed by atoms with van der Waals surface area (Å²) in [5, 5.41) is 2.58. The predicted molar refractivity (Wildman–Crippen MR) is 110 cm³/mol. The van der Waals surface area contributed by atoms with E-state index in [4.69, 9.17) is 11.6 Å². The number of amides is 1. The maximum atomic E-state index is 13.2. The molecule has 1 amide bonds. The summed E-state index contributed by atoms with van der Waals surface area (Å²) in [6.07, 6.45) is 1.26. The first-order valence-electron chi connectivity index (χ1n) is 7.96. The van der Waals surface area contributed by atoms with Gasteiger partial charge >= 0.3 is 7.60 Å². The zero-order valence-electron chi connectivity index (χ0n) is 14.4. The van der Waals surface area contributed by atoms with E-state index in [1.54, 1.807) is 35.7 Å². The Hall–Kier alpha value is -1.95. The van der Waals surface area contributed by atoms with Crippen LogP contribution in [0.2, 0.25) is 5.02 Å². The third-order valence-corrected chi connectivity index (χ3v) is 6.55. The van der Waals surface area contributed by atoms with E-state index >= 15 is 0 Å². The number of nitrogens with zero attached hydrogens (tertiary/aromatic N) is 1. The zero-order valence-corrected chi connectivity index (χ0v) is 16.8. The molecule has 27 heavy (non-hydrogen) atoms. The van der Waals surface area contributed by atoms with Crippen LogP contribution in [0.4, 0.5) is 5.69 Å². The van der Waals surface area contributed by atoms with Gasteiger partial charge in [0.15, 0.2) is 5.66 Å². The quantitative estimate of drug-likeness (QED) is 0.551. The number of benzene rings is 2. The largest absolute Gasteiger partial charge is 0.342 e. The van der Waals surface area contributed by atoms with Crippen LogP contribution in [0, 0.1) is 6.92 Å². The fraction of sp³-hybridized carbons (Fsp3) is 0.105. The van der Waals surface area contributed by atoms with Crippen molar-refractivity contribution in [1.29, 1.82) is 0 Å². The maximum Gasteiger partial charge on any atom is 0.342 e. The van der Waals surface area contributed by atoms with Crippen molar-refractivity contribution in [3.8, 4) is 0 Å². The highest BCUT2D eigenvalue weighted by Gasteiger charge is 2.41. The summed E-state index contributed by atoms with van der Waals surface area (Å²) in [6, 6.07) is 12.1. The molecule has 0 radical (unpaired) electrons. The van der Waals surface area contributed by atoms with Crippen LogP contribution in [0.5, 0.6) is 0 Å². The summed E-state index contributed by atoms with van der Waals surface area (Å²) in [5.41, 5.74) is 0.0932. The number of aryl methyl sites for hydroxylation is 1. The molecule has 0 aliphatic heterocycles. The van der Waals surface area contributed by atoms with E-state index in [0.29, 0.717) is 16.1 Å². The third-order valence-electron chi connectivity index (χ3n) is 4.16. The van der Waals surface area contributed by atoms with Gasteiger partial charge in [0.25, 0.3) is 5.91 Å². The Bertz CT molecular complexity index is 1060. The second-order valence-corrected chi connectivity index (χ2v) is 9.09. The Morgan fingerprint density at radius 3 is 2.52 bits per heavy atom. The number of hydrogen-bond donors (Lipinski definition) is 2. The number of halogens is 1. The predicted octanol–water partition coefficient (Wildman–Crippen LogP) is 5.26. The summed E-state index contributed by atoms with van der Waals surface area (Å²) in [4.78, 5) is 34.3. The van der Waals surface area contributed by atoms with Gasteiger partial charge in [-0.05, 0) is 53.6 Å². The van der Waals surface area contributed by atoms with Crippen molar-refractivity contribution in [1.82, 2.24) is 0 Å². The molecular formula is C19H17ClNO4PS. The standard InChI is InChI=1S/C19H17ClNO4PS/c1-3-21(14-7-4-12(2)5-8-14)19(22)18(26(23,24)25)16-11-27-17-9-6-13(20)10-15(16)17/h3-11,18H,1H2,2H3,(H2,23,24,25). The molecule has 3 aromatic rings. The van der Waals surface area contributed by atoms with Crippen LogP contribution >= 0.6 is 30.5 Å². The number of carbonyl (C=O) groups is 1. The fourth-order valence-electron chi connectivity index (χ4n) is 2.85. The van der Waals surface area contributed by atoms with Crippen LogP contribution in [0.15, 0.2) is 60.6 Å². The molecule has 0 saturated carbocycles. The molecule has 2 aromatic carbocycles. The van der Waals surface area contributed by atoms with Crippen LogP contribution in [-0.4, -0.2) is 15.7 Å². The van der Waals surface area contributed by atoms with Crippen LogP contribution in [0.25, 0.3) is 10.1 Å². The summed E-state index contributed by atoms with van der Waals surface area (Å²) >= 11 is 7.35. The number of anilines is 1. The first-order valence-corrected chi connectivity index (χ1v) is 10.9. The minimum absolute atomic E-state index is 0.259. The van der Waals surface area contributed by atoms with Crippen molar-refractivity contribution < 1.29 is 19.1 Å². The lowest BCUT2D eigenvalue weighted by Gasteiger charge is -2.25. The first kappa shape index (κ1) is 19.8. The van der Waals surface area contributed by atoms with Crippen molar-refractivity contribution in [3.05, 3.63) is 76.8 Å². The first-order chi connectivity index (χ1) is 12.7. The molecule has 1 aromatic heterocycles. The van der Waals surface area contributed by atoms with Crippen molar-refractivity contribution in [2.24, 2.45) is 0 Å². The normalized spacial score (nSPS) is 12.7. The minimum Gasteiger partial charge on any atom is -0.324 e. The van der Waals surface area contributed by atoms with Gasteiger partial charge in [-0.15, -0.1) is 11.3 Å². The second kappa shape index (κ2) is 7.58. The van der Waals surface area contributed by atoms with E-state index in [1.807, 2.05) is 19.1 Å². The monoisotopic (exact) mass is 421 g/mol. The number of rotatable bonds is 5. The van der Waals surface area contributed by atoms with E-state index in [0.717, 1.165) is 15.2 Å².